The SMILES string of the molecule is CCNS(=O)(=O)c1cncc(C#CCN)c1. The van der Waals surface area contributed by atoms with Crippen molar-refractivity contribution in [2.75, 3.05) is 13.1 Å². The molecule has 0 aliphatic carbocycles. The van der Waals surface area contributed by atoms with Gasteiger partial charge in [-0.1, -0.05) is 18.8 Å². The standard InChI is InChI=1S/C10H13N3O2S/c1-2-13-16(14,15)10-6-9(4-3-5-11)7-12-8-10/h6-8,13H,2,5,11H2,1H3. The lowest BCUT2D eigenvalue weighted by Gasteiger charge is -2.03. The normalized spacial score (nSPS) is 10.6. The van der Waals surface area contributed by atoms with Crippen LogP contribution in [-0.2, 0) is 10.0 Å². The molecular formula is C10H13N3O2S. The van der Waals surface area contributed by atoms with Crippen LogP contribution in [0.3, 0.4) is 0 Å². The molecule has 0 saturated carbocycles. The summed E-state index contributed by atoms with van der Waals surface area (Å²) < 4.78 is 25.6. The lowest BCUT2D eigenvalue weighted by atomic mass is 10.3. The molecule has 0 saturated heterocycles. The summed E-state index contributed by atoms with van der Waals surface area (Å²) in [5.74, 6) is 5.37. The van der Waals surface area contributed by atoms with E-state index in [4.69, 9.17) is 5.73 Å². The van der Waals surface area contributed by atoms with Crippen LogP contribution in [0.5, 0.6) is 0 Å². The Labute approximate surface area is 95.1 Å². The quantitative estimate of drug-likeness (QED) is 0.709. The van der Waals surface area contributed by atoms with Crippen LogP contribution in [0.4, 0.5) is 0 Å². The molecule has 5 nitrogen and oxygen atoms in total. The first-order valence-corrected chi connectivity index (χ1v) is 6.22. The third-order valence-electron chi connectivity index (χ3n) is 1.69. The molecule has 1 rings (SSSR count). The highest BCUT2D eigenvalue weighted by molar-refractivity contribution is 7.89. The van der Waals surface area contributed by atoms with Gasteiger partial charge in [0.25, 0.3) is 0 Å². The van der Waals surface area contributed by atoms with Gasteiger partial charge in [-0.25, -0.2) is 13.1 Å². The van der Waals surface area contributed by atoms with E-state index in [-0.39, 0.29) is 11.4 Å². The molecule has 86 valence electrons. The number of rotatable bonds is 3. The monoisotopic (exact) mass is 239 g/mol. The van der Waals surface area contributed by atoms with Crippen molar-refractivity contribution in [2.45, 2.75) is 11.8 Å². The molecule has 0 radical (unpaired) electrons. The van der Waals surface area contributed by atoms with E-state index < -0.39 is 10.0 Å². The van der Waals surface area contributed by atoms with E-state index in [0.29, 0.717) is 12.1 Å². The van der Waals surface area contributed by atoms with Gasteiger partial charge in [0.15, 0.2) is 0 Å². The summed E-state index contributed by atoms with van der Waals surface area (Å²) in [6.45, 7) is 2.27. The lowest BCUT2D eigenvalue weighted by molar-refractivity contribution is 0.583. The van der Waals surface area contributed by atoms with Gasteiger partial charge in [-0.15, -0.1) is 0 Å². The zero-order valence-corrected chi connectivity index (χ0v) is 9.71. The van der Waals surface area contributed by atoms with E-state index in [9.17, 15) is 8.42 Å². The van der Waals surface area contributed by atoms with Gasteiger partial charge in [0.2, 0.25) is 10.0 Å². The lowest BCUT2D eigenvalue weighted by Crippen LogP contribution is -2.23. The molecule has 0 aliphatic heterocycles. The third-order valence-corrected chi connectivity index (χ3v) is 3.21. The molecule has 0 atom stereocenters. The number of hydrogen-bond donors (Lipinski definition) is 2. The Bertz CT molecular complexity index is 514. The van der Waals surface area contributed by atoms with Gasteiger partial charge in [0.1, 0.15) is 4.90 Å². The molecule has 0 spiro atoms. The third kappa shape index (κ3) is 3.31. The van der Waals surface area contributed by atoms with Crippen molar-refractivity contribution in [3.8, 4) is 11.8 Å². The summed E-state index contributed by atoms with van der Waals surface area (Å²) >= 11 is 0. The predicted octanol–water partition coefficient (Wildman–Crippen LogP) is -0.310. The van der Waals surface area contributed by atoms with Gasteiger partial charge in [0.05, 0.1) is 6.54 Å². The largest absolute Gasteiger partial charge is 0.320 e. The number of nitrogens with one attached hydrogen (secondary N) is 1. The summed E-state index contributed by atoms with van der Waals surface area (Å²) in [5, 5.41) is 0. The second-order valence-corrected chi connectivity index (χ2v) is 4.68. The second kappa shape index (κ2) is 5.61. The molecule has 16 heavy (non-hydrogen) atoms. The maximum absolute atomic E-state index is 11.6. The summed E-state index contributed by atoms with van der Waals surface area (Å²) in [7, 11) is -3.47. The van der Waals surface area contributed by atoms with E-state index >= 15 is 0 Å². The van der Waals surface area contributed by atoms with Gasteiger partial charge >= 0.3 is 0 Å². The van der Waals surface area contributed by atoms with E-state index in [1.807, 2.05) is 0 Å². The summed E-state index contributed by atoms with van der Waals surface area (Å²) in [5.41, 5.74) is 5.76. The number of hydrogen-bond acceptors (Lipinski definition) is 4. The fraction of sp³-hybridized carbons (Fsp3) is 0.300. The van der Waals surface area contributed by atoms with Crippen LogP contribution in [0, 0.1) is 11.8 Å². The zero-order chi connectivity index (χ0) is 12.0. The van der Waals surface area contributed by atoms with Crippen LogP contribution in [-0.4, -0.2) is 26.5 Å². The average molecular weight is 239 g/mol. The molecule has 0 aromatic carbocycles. The van der Waals surface area contributed by atoms with E-state index in [2.05, 4.69) is 21.5 Å². The van der Waals surface area contributed by atoms with E-state index in [1.165, 1.54) is 18.5 Å². The molecule has 0 aliphatic rings. The summed E-state index contributed by atoms with van der Waals surface area (Å²) in [4.78, 5) is 3.93. The highest BCUT2D eigenvalue weighted by Gasteiger charge is 2.12. The molecule has 1 aromatic heterocycles. The van der Waals surface area contributed by atoms with Crippen LogP contribution < -0.4 is 10.5 Å². The number of nitrogens with two attached hydrogens (primary N) is 1. The Kier molecular flexibility index (Phi) is 4.43. The molecule has 1 aromatic rings. The van der Waals surface area contributed by atoms with Gasteiger partial charge in [-0.05, 0) is 6.07 Å². The number of pyridine rings is 1. The van der Waals surface area contributed by atoms with Gasteiger partial charge in [-0.3, -0.25) is 4.98 Å². The minimum Gasteiger partial charge on any atom is -0.320 e. The van der Waals surface area contributed by atoms with Crippen molar-refractivity contribution in [3.63, 3.8) is 0 Å². The van der Waals surface area contributed by atoms with Crippen molar-refractivity contribution >= 4 is 10.0 Å². The van der Waals surface area contributed by atoms with Crippen LogP contribution in [0.1, 0.15) is 12.5 Å². The first-order chi connectivity index (χ1) is 7.60. The summed E-state index contributed by atoms with van der Waals surface area (Å²) in [6, 6.07) is 1.47. The molecule has 3 N–H and O–H groups in total. The fourth-order valence-corrected chi connectivity index (χ4v) is 2.09. The molecular weight excluding hydrogens is 226 g/mol. The Morgan fingerprint density at radius 2 is 2.25 bits per heavy atom. The van der Waals surface area contributed by atoms with Crippen molar-refractivity contribution < 1.29 is 8.42 Å². The minimum atomic E-state index is -3.47. The fourth-order valence-electron chi connectivity index (χ4n) is 1.06. The molecule has 6 heteroatoms. The highest BCUT2D eigenvalue weighted by atomic mass is 32.2. The Morgan fingerprint density at radius 1 is 1.50 bits per heavy atom. The first kappa shape index (κ1) is 12.6. The van der Waals surface area contributed by atoms with Gasteiger partial charge in [0, 0.05) is 24.5 Å². The Morgan fingerprint density at radius 3 is 2.88 bits per heavy atom. The van der Waals surface area contributed by atoms with E-state index in [0.717, 1.165) is 0 Å². The molecule has 0 fully saturated rings. The molecule has 0 amide bonds. The Balaban J connectivity index is 3.08. The van der Waals surface area contributed by atoms with Crippen LogP contribution in [0.2, 0.25) is 0 Å². The van der Waals surface area contributed by atoms with Crippen molar-refractivity contribution in [1.29, 1.82) is 0 Å². The average Bonchev–Trinajstić information content (AvgIpc) is 2.27. The number of sulfonamides is 1. The van der Waals surface area contributed by atoms with E-state index in [1.54, 1.807) is 6.92 Å². The molecule has 1 heterocycles. The van der Waals surface area contributed by atoms with Crippen molar-refractivity contribution in [2.24, 2.45) is 5.73 Å². The van der Waals surface area contributed by atoms with Crippen LogP contribution in [0.15, 0.2) is 23.4 Å². The Hall–Kier alpha value is -1.42. The first-order valence-electron chi connectivity index (χ1n) is 4.74. The number of aromatic nitrogens is 1. The maximum atomic E-state index is 11.6. The highest BCUT2D eigenvalue weighted by Crippen LogP contribution is 2.08. The van der Waals surface area contributed by atoms with Gasteiger partial charge < -0.3 is 5.73 Å². The minimum absolute atomic E-state index is 0.109. The zero-order valence-electron chi connectivity index (χ0n) is 8.90. The summed E-state index contributed by atoms with van der Waals surface area (Å²) in [6.07, 6.45) is 2.78. The maximum Gasteiger partial charge on any atom is 0.242 e. The van der Waals surface area contributed by atoms with Crippen LogP contribution >= 0.6 is 0 Å². The van der Waals surface area contributed by atoms with Crippen molar-refractivity contribution in [3.05, 3.63) is 24.0 Å². The molecule has 0 bridgehead atoms. The topological polar surface area (TPSA) is 85.1 Å². The predicted molar refractivity (Wildman–Crippen MR) is 61.0 cm³/mol. The van der Waals surface area contributed by atoms with Gasteiger partial charge in [-0.2, -0.15) is 0 Å². The molecule has 0 unspecified atom stereocenters. The second-order valence-electron chi connectivity index (χ2n) is 2.92. The van der Waals surface area contributed by atoms with Crippen LogP contribution in [0.25, 0.3) is 0 Å². The number of nitrogens with zero attached hydrogens (tertiary/aromatic N) is 1. The smallest absolute Gasteiger partial charge is 0.242 e. The van der Waals surface area contributed by atoms with Crippen molar-refractivity contribution in [1.82, 2.24) is 9.71 Å².